The number of ether oxygens (including phenoxy) is 2. The molecule has 1 aliphatic rings. The number of aliphatic hydroxyl groups excluding tert-OH is 2. The van der Waals surface area contributed by atoms with E-state index >= 15 is 0 Å². The maximum absolute atomic E-state index is 11.4. The molecular weight excluding hydrogens is 216 g/mol. The second kappa shape index (κ2) is 5.55. The van der Waals surface area contributed by atoms with Gasteiger partial charge in [-0.15, -0.1) is 0 Å². The summed E-state index contributed by atoms with van der Waals surface area (Å²) in [4.78, 5) is 11.4. The average molecular weight is 239 g/mol. The molecule has 0 aromatic carbocycles. The fourth-order valence-electron chi connectivity index (χ4n) is 1.59. The number of methoxy groups -OCH3 is 1. The van der Waals surface area contributed by atoms with E-state index in [2.05, 4.69) is 10.2 Å². The minimum absolute atomic E-state index is 0.267. The van der Waals surface area contributed by atoms with E-state index in [1.54, 1.807) is 0 Å². The molecule has 0 bridgehead atoms. The Morgan fingerprint density at radius 3 is 3.00 bits per heavy atom. The molecule has 7 heteroatoms. The number of hydrogen-bond donors (Lipinski definition) is 4. The zero-order chi connectivity index (χ0) is 16.2. The summed E-state index contributed by atoms with van der Waals surface area (Å²) in [5, 5.41) is 9.52. The maximum atomic E-state index is 11.4. The first-order valence-electron chi connectivity index (χ1n) is 6.99. The van der Waals surface area contributed by atoms with Gasteiger partial charge >= 0.3 is 0 Å². The number of nitrogens with two attached hydrogens (primary N) is 1. The summed E-state index contributed by atoms with van der Waals surface area (Å²) < 4.78 is 46.6. The smallest absolute Gasteiger partial charge is 0.217 e. The van der Waals surface area contributed by atoms with Crippen molar-refractivity contribution < 1.29 is 28.7 Å². The third-order valence-corrected chi connectivity index (χ3v) is 2.36. The van der Waals surface area contributed by atoms with Crippen molar-refractivity contribution >= 4 is 5.91 Å². The Kier molecular flexibility index (Phi) is 2.63. The summed E-state index contributed by atoms with van der Waals surface area (Å²) in [6, 6.07) is -1.15. The van der Waals surface area contributed by atoms with Crippen molar-refractivity contribution in [3.63, 3.8) is 0 Å². The minimum Gasteiger partial charge on any atom is -0.388 e. The fourth-order valence-corrected chi connectivity index (χ4v) is 1.59. The van der Waals surface area contributed by atoms with E-state index in [9.17, 15) is 4.79 Å². The second-order valence-corrected chi connectivity index (χ2v) is 3.53. The molecule has 1 aliphatic heterocycles. The van der Waals surface area contributed by atoms with E-state index in [0.717, 1.165) is 6.92 Å². The third-order valence-electron chi connectivity index (χ3n) is 2.36. The molecule has 0 saturated carbocycles. The molecule has 16 heavy (non-hydrogen) atoms. The number of hydrogen-bond acceptors (Lipinski definition) is 6. The normalized spacial score (nSPS) is 43.9. The van der Waals surface area contributed by atoms with Crippen molar-refractivity contribution in [1.29, 1.82) is 2.86 Å². The van der Waals surface area contributed by atoms with Crippen LogP contribution in [0.15, 0.2) is 0 Å². The van der Waals surface area contributed by atoms with Crippen molar-refractivity contribution in [2.75, 3.05) is 13.7 Å². The van der Waals surface area contributed by atoms with E-state index in [4.69, 9.17) is 16.6 Å². The first-order chi connectivity index (χ1) is 9.87. The number of nitrogens with one attached hydrogen (secondary N) is 1. The van der Waals surface area contributed by atoms with Gasteiger partial charge in [-0.1, -0.05) is 0 Å². The van der Waals surface area contributed by atoms with Gasteiger partial charge in [0.15, 0.2) is 7.70 Å². The van der Waals surface area contributed by atoms with E-state index < -0.39 is 36.6 Å². The van der Waals surface area contributed by atoms with Crippen LogP contribution in [0.1, 0.15) is 6.92 Å². The largest absolute Gasteiger partial charge is 0.388 e. The van der Waals surface area contributed by atoms with E-state index in [0.29, 0.717) is 11.0 Å². The minimum atomic E-state index is -1.17. The van der Waals surface area contributed by atoms with Gasteiger partial charge in [-0.2, -0.15) is 0 Å². The lowest BCUT2D eigenvalue weighted by molar-refractivity contribution is -0.263. The first kappa shape index (κ1) is 7.57. The quantitative estimate of drug-likeness (QED) is 0.409. The molecule has 0 aromatic rings. The second-order valence-electron chi connectivity index (χ2n) is 3.53. The van der Waals surface area contributed by atoms with Gasteiger partial charge in [-0.25, -0.2) is 0 Å². The van der Waals surface area contributed by atoms with Crippen molar-refractivity contribution in [3.8, 4) is 0 Å². The molecule has 94 valence electrons. The van der Waals surface area contributed by atoms with E-state index in [-0.39, 0.29) is 6.54 Å². The molecule has 1 amide bonds. The van der Waals surface area contributed by atoms with Crippen molar-refractivity contribution in [3.05, 3.63) is 0 Å². The van der Waals surface area contributed by atoms with Gasteiger partial charge in [0.05, 0.1) is 6.04 Å². The summed E-state index contributed by atoms with van der Waals surface area (Å²) in [5.41, 5.74) is 0.324. The van der Waals surface area contributed by atoms with Gasteiger partial charge in [-0.3, -0.25) is 4.79 Å². The summed E-state index contributed by atoms with van der Waals surface area (Å²) in [7, 11) is 1.29. The summed E-state index contributed by atoms with van der Waals surface area (Å²) in [6.45, 7) is 0.874. The van der Waals surface area contributed by atoms with Gasteiger partial charge in [0.25, 0.3) is 0 Å². The molecule has 7 nitrogen and oxygen atoms in total. The van der Waals surface area contributed by atoms with Crippen LogP contribution < -0.4 is 11.0 Å². The van der Waals surface area contributed by atoms with E-state index in [1.807, 2.05) is 0 Å². The molecule has 5 atom stereocenters. The third kappa shape index (κ3) is 2.69. The van der Waals surface area contributed by atoms with Gasteiger partial charge in [0.1, 0.15) is 21.1 Å². The lowest BCUT2D eigenvalue weighted by Crippen LogP contribution is -2.65. The Morgan fingerprint density at radius 1 is 1.75 bits per heavy atom. The van der Waals surface area contributed by atoms with Crippen LogP contribution in [0.25, 0.3) is 0 Å². The lowest BCUT2D eigenvalue weighted by atomic mass is 9.96. The highest BCUT2D eigenvalue weighted by Gasteiger charge is 2.44. The molecular formula is C9H18N2O5. The number of amides is 1. The Bertz CT molecular complexity index is 352. The van der Waals surface area contributed by atoms with Crippen molar-refractivity contribution in [2.45, 2.75) is 37.6 Å². The number of rotatable bonds is 6. The Hall–Kier alpha value is -0.730. The molecule has 5 N–H and O–H groups in total. The molecule has 1 rings (SSSR count). The van der Waals surface area contributed by atoms with Crippen LogP contribution in [0.5, 0.6) is 0 Å². The molecule has 0 radical (unpaired) electrons. The summed E-state index contributed by atoms with van der Waals surface area (Å²) >= 11 is 0. The van der Waals surface area contributed by atoms with E-state index in [1.165, 1.54) is 7.11 Å². The average Bonchev–Trinajstić information content (AvgIpc) is 2.44. The molecule has 0 aromatic heterocycles. The standard InChI is InChI=1S/C9H18N2O5/c1-4(12)11-6-7(13)5(3-10)16-9(15-2)8(6)14/h5-9,13-14H,3,10H2,1-2H3,(H,11,12)/t5-,6+,7-,8+,9+/m1/s1/i13D,14D/hD3. The number of carbonyl (C=O) groups excluding carboxylic acids is 1. The Labute approximate surface area is 101 Å². The van der Waals surface area contributed by atoms with Crippen LogP contribution in [0.4, 0.5) is 0 Å². The Balaban J connectivity index is 3.10. The number of aliphatic hydroxyl groups is 2. The fraction of sp³-hybridized carbons (Fsp3) is 0.889. The van der Waals surface area contributed by atoms with Gasteiger partial charge in [-0.05, 0) is 0 Å². The zero-order valence-electron chi connectivity index (χ0n) is 14.0. The number of carbonyl (C=O) groups is 1. The van der Waals surface area contributed by atoms with Gasteiger partial charge in [0.2, 0.25) is 8.77 Å². The van der Waals surface area contributed by atoms with Gasteiger partial charge < -0.3 is 30.7 Å². The zero-order valence-corrected chi connectivity index (χ0v) is 9.03. The first-order valence-corrected chi connectivity index (χ1v) is 4.83. The topological polar surface area (TPSA) is 114 Å². The van der Waals surface area contributed by atoms with Crippen LogP contribution in [-0.4, -0.2) is 63.3 Å². The maximum Gasteiger partial charge on any atom is 0.217 e. The highest BCUT2D eigenvalue weighted by atomic mass is 16.7. The molecule has 1 fully saturated rings. The van der Waals surface area contributed by atoms with Gasteiger partial charge in [0, 0.05) is 20.6 Å². The van der Waals surface area contributed by atoms with Crippen LogP contribution in [0.3, 0.4) is 0 Å². The van der Waals surface area contributed by atoms with Crippen LogP contribution in [-0.2, 0) is 14.3 Å². The van der Waals surface area contributed by atoms with Crippen molar-refractivity contribution in [1.82, 2.24) is 5.31 Å². The molecule has 1 heterocycles. The highest BCUT2D eigenvalue weighted by Crippen LogP contribution is 2.21. The SMILES string of the molecule is [2H]O[C@@H]1[C@@H](OC)O[C@H](CN([2H])[2H])[C@@H](O[2H])[C@@H]1N([2H])C(C)=O. The monoisotopic (exact) mass is 239 g/mol. The van der Waals surface area contributed by atoms with Crippen LogP contribution in [0, 0.1) is 0 Å². The molecule has 1 saturated heterocycles. The van der Waals surface area contributed by atoms with Crippen LogP contribution in [0.2, 0.25) is 4.24 Å². The lowest BCUT2D eigenvalue weighted by Gasteiger charge is -2.41. The van der Waals surface area contributed by atoms with Crippen LogP contribution >= 0.6 is 0 Å². The molecule has 0 unspecified atom stereocenters. The highest BCUT2D eigenvalue weighted by molar-refractivity contribution is 5.73. The summed E-state index contributed by atoms with van der Waals surface area (Å²) in [5.74, 6) is -0.645. The predicted octanol–water partition coefficient (Wildman–Crippen LogP) is -2.46. The predicted molar refractivity (Wildman–Crippen MR) is 54.3 cm³/mol. The summed E-state index contributed by atoms with van der Waals surface area (Å²) in [6.07, 6.45) is -4.43. The Morgan fingerprint density at radius 2 is 2.50 bits per heavy atom. The molecule has 0 aliphatic carbocycles. The molecule has 0 spiro atoms. The van der Waals surface area contributed by atoms with Crippen molar-refractivity contribution in [2.24, 2.45) is 5.72 Å².